The van der Waals surface area contributed by atoms with Crippen LogP contribution in [0.5, 0.6) is 11.5 Å². The maximum absolute atomic E-state index is 12.2. The van der Waals surface area contributed by atoms with Gasteiger partial charge in [-0.3, -0.25) is 9.59 Å². The molecule has 0 spiro atoms. The molecule has 3 aromatic rings. The van der Waals surface area contributed by atoms with Gasteiger partial charge in [-0.2, -0.15) is 5.10 Å². The molecule has 1 atom stereocenters. The summed E-state index contributed by atoms with van der Waals surface area (Å²) in [5.41, 5.74) is 1.30. The Morgan fingerprint density at radius 3 is 2.45 bits per heavy atom. The third-order valence-corrected chi connectivity index (χ3v) is 4.30. The molecule has 1 aromatic heterocycles. The third-order valence-electron chi connectivity index (χ3n) is 4.30. The topological polar surface area (TPSA) is 82.5 Å². The minimum absolute atomic E-state index is 0.231. The molecular formula is C22H23N3O4. The average molecular weight is 393 g/mol. The van der Waals surface area contributed by atoms with Gasteiger partial charge in [0, 0.05) is 18.2 Å². The van der Waals surface area contributed by atoms with Crippen molar-refractivity contribution in [3.63, 3.8) is 0 Å². The zero-order chi connectivity index (χ0) is 20.6. The van der Waals surface area contributed by atoms with Crippen LogP contribution in [0.3, 0.4) is 0 Å². The smallest absolute Gasteiger partial charge is 0.266 e. The molecule has 0 bridgehead atoms. The van der Waals surface area contributed by atoms with Crippen LogP contribution >= 0.6 is 0 Å². The molecule has 2 aromatic carbocycles. The zero-order valence-corrected chi connectivity index (χ0v) is 16.4. The Morgan fingerprint density at radius 1 is 1.03 bits per heavy atom. The predicted octanol–water partition coefficient (Wildman–Crippen LogP) is 2.50. The number of amides is 1. The minimum Gasteiger partial charge on any atom is -0.497 e. The Bertz CT molecular complexity index is 1000. The van der Waals surface area contributed by atoms with Gasteiger partial charge in [0.15, 0.2) is 6.10 Å². The van der Waals surface area contributed by atoms with Gasteiger partial charge < -0.3 is 14.8 Å². The Kier molecular flexibility index (Phi) is 6.63. The van der Waals surface area contributed by atoms with Crippen molar-refractivity contribution < 1.29 is 14.3 Å². The molecule has 1 heterocycles. The lowest BCUT2D eigenvalue weighted by Crippen LogP contribution is -2.39. The first-order chi connectivity index (χ1) is 14.1. The van der Waals surface area contributed by atoms with Gasteiger partial charge in [0.05, 0.1) is 19.3 Å². The molecule has 0 saturated heterocycles. The number of para-hydroxylation sites is 1. The molecule has 0 fully saturated rings. The highest BCUT2D eigenvalue weighted by Crippen LogP contribution is 2.19. The van der Waals surface area contributed by atoms with Crippen LogP contribution in [0.25, 0.3) is 11.3 Å². The Labute approximate surface area is 168 Å². The maximum Gasteiger partial charge on any atom is 0.266 e. The van der Waals surface area contributed by atoms with Crippen LogP contribution in [0, 0.1) is 0 Å². The number of carbonyl (C=O) groups is 1. The first kappa shape index (κ1) is 20.1. The number of rotatable bonds is 8. The molecule has 29 heavy (non-hydrogen) atoms. The van der Waals surface area contributed by atoms with Crippen molar-refractivity contribution in [3.05, 3.63) is 77.1 Å². The van der Waals surface area contributed by atoms with Crippen LogP contribution in [0.15, 0.2) is 71.5 Å². The van der Waals surface area contributed by atoms with E-state index < -0.39 is 6.10 Å². The summed E-state index contributed by atoms with van der Waals surface area (Å²) >= 11 is 0. The van der Waals surface area contributed by atoms with E-state index in [4.69, 9.17) is 9.47 Å². The lowest BCUT2D eigenvalue weighted by molar-refractivity contribution is -0.127. The Hall–Kier alpha value is -3.61. The molecule has 3 rings (SSSR count). The molecule has 0 radical (unpaired) electrons. The lowest BCUT2D eigenvalue weighted by atomic mass is 10.1. The number of carbonyl (C=O) groups excluding carboxylic acids is 1. The highest BCUT2D eigenvalue weighted by molar-refractivity contribution is 5.80. The lowest BCUT2D eigenvalue weighted by Gasteiger charge is -2.15. The van der Waals surface area contributed by atoms with Crippen LogP contribution in [-0.2, 0) is 11.3 Å². The standard InChI is InChI=1S/C22H23N3O4/c1-16(29-19-6-4-3-5-7-19)22(27)23-14-15-25-21(26)13-12-20(24-25)17-8-10-18(28-2)11-9-17/h3-13,16H,14-15H2,1-2H3,(H,23,27). The van der Waals surface area contributed by atoms with Crippen LogP contribution in [0.2, 0.25) is 0 Å². The summed E-state index contributed by atoms with van der Waals surface area (Å²) in [7, 11) is 1.60. The van der Waals surface area contributed by atoms with E-state index in [1.165, 1.54) is 10.7 Å². The molecule has 0 aliphatic rings. The number of ether oxygens (including phenoxy) is 2. The van der Waals surface area contributed by atoms with Gasteiger partial charge in [-0.15, -0.1) is 0 Å². The monoisotopic (exact) mass is 393 g/mol. The number of hydrogen-bond acceptors (Lipinski definition) is 5. The van der Waals surface area contributed by atoms with Crippen molar-refractivity contribution in [1.29, 1.82) is 0 Å². The fourth-order valence-corrected chi connectivity index (χ4v) is 2.71. The van der Waals surface area contributed by atoms with Crippen molar-refractivity contribution in [2.24, 2.45) is 0 Å². The molecular weight excluding hydrogens is 370 g/mol. The van der Waals surface area contributed by atoms with E-state index in [0.29, 0.717) is 11.4 Å². The summed E-state index contributed by atoms with van der Waals surface area (Å²) in [4.78, 5) is 24.3. The van der Waals surface area contributed by atoms with Crippen molar-refractivity contribution in [3.8, 4) is 22.8 Å². The zero-order valence-electron chi connectivity index (χ0n) is 16.4. The predicted molar refractivity (Wildman–Crippen MR) is 110 cm³/mol. The number of nitrogens with zero attached hydrogens (tertiary/aromatic N) is 2. The van der Waals surface area contributed by atoms with Crippen LogP contribution in [0.4, 0.5) is 0 Å². The van der Waals surface area contributed by atoms with Crippen molar-refractivity contribution in [2.75, 3.05) is 13.7 Å². The molecule has 7 nitrogen and oxygen atoms in total. The van der Waals surface area contributed by atoms with Gasteiger partial charge in [0.25, 0.3) is 11.5 Å². The second kappa shape index (κ2) is 9.54. The largest absolute Gasteiger partial charge is 0.497 e. The summed E-state index contributed by atoms with van der Waals surface area (Å²) in [5.74, 6) is 1.12. The second-order valence-corrected chi connectivity index (χ2v) is 6.37. The Balaban J connectivity index is 1.58. The van der Waals surface area contributed by atoms with Crippen LogP contribution < -0.4 is 20.3 Å². The average Bonchev–Trinajstić information content (AvgIpc) is 2.75. The van der Waals surface area contributed by atoms with Gasteiger partial charge in [0.2, 0.25) is 0 Å². The first-order valence-corrected chi connectivity index (χ1v) is 9.29. The fourth-order valence-electron chi connectivity index (χ4n) is 2.71. The van der Waals surface area contributed by atoms with Crippen molar-refractivity contribution in [2.45, 2.75) is 19.6 Å². The number of hydrogen-bond donors (Lipinski definition) is 1. The van der Waals surface area contributed by atoms with Crippen LogP contribution in [0.1, 0.15) is 6.92 Å². The van der Waals surface area contributed by atoms with E-state index in [0.717, 1.165) is 11.3 Å². The van der Waals surface area contributed by atoms with Crippen molar-refractivity contribution >= 4 is 5.91 Å². The first-order valence-electron chi connectivity index (χ1n) is 9.29. The summed E-state index contributed by atoms with van der Waals surface area (Å²) in [6.07, 6.45) is -0.646. The normalized spacial score (nSPS) is 11.5. The quantitative estimate of drug-likeness (QED) is 0.636. The number of benzene rings is 2. The summed E-state index contributed by atoms with van der Waals surface area (Å²) in [6.45, 7) is 2.20. The number of nitrogens with one attached hydrogen (secondary N) is 1. The van der Waals surface area contributed by atoms with Gasteiger partial charge in [-0.05, 0) is 49.4 Å². The maximum atomic E-state index is 12.2. The van der Waals surface area contributed by atoms with E-state index in [-0.39, 0.29) is 24.6 Å². The van der Waals surface area contributed by atoms with E-state index in [1.54, 1.807) is 32.2 Å². The molecule has 0 aliphatic heterocycles. The molecule has 1 amide bonds. The number of methoxy groups -OCH3 is 1. The molecule has 150 valence electrons. The van der Waals surface area contributed by atoms with E-state index in [2.05, 4.69) is 10.4 Å². The van der Waals surface area contributed by atoms with E-state index in [9.17, 15) is 9.59 Å². The second-order valence-electron chi connectivity index (χ2n) is 6.37. The third kappa shape index (κ3) is 5.44. The molecule has 0 aliphatic carbocycles. The summed E-state index contributed by atoms with van der Waals surface area (Å²) < 4.78 is 12.1. The van der Waals surface area contributed by atoms with Gasteiger partial charge in [0.1, 0.15) is 11.5 Å². The number of aromatic nitrogens is 2. The highest BCUT2D eigenvalue weighted by Gasteiger charge is 2.14. The molecule has 1 unspecified atom stereocenters. The fraction of sp³-hybridized carbons (Fsp3) is 0.227. The molecule has 7 heteroatoms. The SMILES string of the molecule is COc1ccc(-c2ccc(=O)n(CCNC(=O)C(C)Oc3ccccc3)n2)cc1. The van der Waals surface area contributed by atoms with Crippen molar-refractivity contribution in [1.82, 2.24) is 15.1 Å². The van der Waals surface area contributed by atoms with Crippen LogP contribution in [-0.4, -0.2) is 35.4 Å². The van der Waals surface area contributed by atoms with Gasteiger partial charge in [-0.1, -0.05) is 18.2 Å². The molecule has 1 N–H and O–H groups in total. The minimum atomic E-state index is -0.646. The molecule has 0 saturated carbocycles. The summed E-state index contributed by atoms with van der Waals surface area (Å²) in [5, 5.41) is 7.16. The highest BCUT2D eigenvalue weighted by atomic mass is 16.5. The van der Waals surface area contributed by atoms with E-state index in [1.807, 2.05) is 42.5 Å². The Morgan fingerprint density at radius 2 is 1.76 bits per heavy atom. The summed E-state index contributed by atoms with van der Waals surface area (Å²) in [6, 6.07) is 19.7. The van der Waals surface area contributed by atoms with Gasteiger partial charge >= 0.3 is 0 Å². The van der Waals surface area contributed by atoms with Gasteiger partial charge in [-0.25, -0.2) is 4.68 Å². The van der Waals surface area contributed by atoms with E-state index >= 15 is 0 Å².